The van der Waals surface area contributed by atoms with E-state index in [2.05, 4.69) is 10.5 Å². The zero-order chi connectivity index (χ0) is 22.6. The molecule has 1 N–H and O–H groups in total. The summed E-state index contributed by atoms with van der Waals surface area (Å²) in [6.45, 7) is 3.50. The second-order valence-electron chi connectivity index (χ2n) is 7.15. The first-order chi connectivity index (χ1) is 14.7. The van der Waals surface area contributed by atoms with Crippen molar-refractivity contribution < 1.29 is 32.0 Å². The van der Waals surface area contributed by atoms with Gasteiger partial charge in [-0.05, 0) is 44.9 Å². The molecule has 0 unspecified atom stereocenters. The summed E-state index contributed by atoms with van der Waals surface area (Å²) in [5.41, 5.74) is 0.785. The summed E-state index contributed by atoms with van der Waals surface area (Å²) in [5, 5.41) is 6.22. The summed E-state index contributed by atoms with van der Waals surface area (Å²) in [7, 11) is -2.39. The summed E-state index contributed by atoms with van der Waals surface area (Å²) < 4.78 is 42.7. The predicted molar refractivity (Wildman–Crippen MR) is 110 cm³/mol. The number of aryl methyl sites for hydroxylation is 2. The normalized spacial score (nSPS) is 14.8. The van der Waals surface area contributed by atoms with Gasteiger partial charge in [-0.1, -0.05) is 11.6 Å². The molecular weight excluding hydrogens is 426 g/mol. The lowest BCUT2D eigenvalue weighted by atomic mass is 10.2. The molecule has 2 aromatic rings. The average molecular weight is 452 g/mol. The van der Waals surface area contributed by atoms with Crippen molar-refractivity contribution in [2.45, 2.75) is 38.0 Å². The molecule has 0 aliphatic carbocycles. The van der Waals surface area contributed by atoms with E-state index in [9.17, 15) is 18.0 Å². The fraction of sp³-hybridized carbons (Fsp3) is 0.450. The third-order valence-electron chi connectivity index (χ3n) is 4.95. The number of methoxy groups -OCH3 is 1. The van der Waals surface area contributed by atoms with E-state index >= 15 is 0 Å². The zero-order valence-electron chi connectivity index (χ0n) is 17.6. The summed E-state index contributed by atoms with van der Waals surface area (Å²) in [6.07, 6.45) is 2.59. The van der Waals surface area contributed by atoms with Crippen molar-refractivity contribution in [2.24, 2.45) is 0 Å². The lowest BCUT2D eigenvalue weighted by Gasteiger charge is -2.26. The first-order valence-electron chi connectivity index (χ1n) is 9.82. The molecule has 1 aliphatic rings. The van der Waals surface area contributed by atoms with Crippen molar-refractivity contribution in [3.63, 3.8) is 0 Å². The van der Waals surface area contributed by atoms with Crippen LogP contribution in [-0.4, -0.2) is 56.6 Å². The van der Waals surface area contributed by atoms with Crippen molar-refractivity contribution in [1.82, 2.24) is 9.46 Å². The van der Waals surface area contributed by atoms with Gasteiger partial charge in [0.25, 0.3) is 5.91 Å². The van der Waals surface area contributed by atoms with Crippen LogP contribution in [0.4, 0.5) is 5.69 Å². The minimum absolute atomic E-state index is 0.0255. The lowest BCUT2D eigenvalue weighted by molar-refractivity contribution is -0.119. The van der Waals surface area contributed by atoms with Crippen LogP contribution in [0.3, 0.4) is 0 Å². The second kappa shape index (κ2) is 9.48. The highest BCUT2D eigenvalue weighted by atomic mass is 32.2. The quantitative estimate of drug-likeness (QED) is 0.635. The van der Waals surface area contributed by atoms with E-state index in [0.717, 1.165) is 19.3 Å². The molecule has 0 atom stereocenters. The lowest BCUT2D eigenvalue weighted by Crippen LogP contribution is -2.35. The predicted octanol–water partition coefficient (Wildman–Crippen LogP) is 2.27. The molecule has 168 valence electrons. The maximum atomic E-state index is 13.1. The van der Waals surface area contributed by atoms with Gasteiger partial charge in [0, 0.05) is 18.8 Å². The molecule has 0 saturated carbocycles. The van der Waals surface area contributed by atoms with Crippen molar-refractivity contribution in [2.75, 3.05) is 32.1 Å². The number of ether oxygens (including phenoxy) is 2. The largest absolute Gasteiger partial charge is 0.495 e. The van der Waals surface area contributed by atoms with Gasteiger partial charge in [-0.3, -0.25) is 4.79 Å². The molecule has 1 aliphatic heterocycles. The number of amides is 1. The van der Waals surface area contributed by atoms with Gasteiger partial charge in [-0.15, -0.1) is 0 Å². The van der Waals surface area contributed by atoms with Crippen molar-refractivity contribution >= 4 is 27.6 Å². The van der Waals surface area contributed by atoms with Gasteiger partial charge >= 0.3 is 5.97 Å². The number of nitrogens with one attached hydrogen (secondary N) is 1. The van der Waals surface area contributed by atoms with E-state index in [1.165, 1.54) is 29.6 Å². The molecule has 1 aromatic carbocycles. The molecule has 11 heteroatoms. The number of aromatic nitrogens is 1. The van der Waals surface area contributed by atoms with Crippen LogP contribution in [0, 0.1) is 13.8 Å². The van der Waals surface area contributed by atoms with Crippen LogP contribution in [0.5, 0.6) is 5.75 Å². The topological polar surface area (TPSA) is 128 Å². The van der Waals surface area contributed by atoms with Crippen molar-refractivity contribution in [1.29, 1.82) is 0 Å². The van der Waals surface area contributed by atoms with Crippen LogP contribution in [-0.2, 0) is 19.6 Å². The molecule has 2 heterocycles. The molecule has 1 fully saturated rings. The minimum atomic E-state index is -3.77. The van der Waals surface area contributed by atoms with Crippen LogP contribution in [0.1, 0.15) is 41.1 Å². The van der Waals surface area contributed by atoms with Gasteiger partial charge in [-0.25, -0.2) is 13.2 Å². The van der Waals surface area contributed by atoms with E-state index in [-0.39, 0.29) is 21.9 Å². The Hall–Kier alpha value is -2.92. The standard InChI is InChI=1S/C20H25N3O7S/c1-13-19(14(2)30-22-13)20(25)29-12-18(24)21-15-7-8-16(28-3)17(11-15)31(26,27)23-9-5-4-6-10-23/h7-8,11H,4-6,9-10,12H2,1-3H3,(H,21,24). The fourth-order valence-corrected chi connectivity index (χ4v) is 5.07. The summed E-state index contributed by atoms with van der Waals surface area (Å²) in [4.78, 5) is 24.4. The average Bonchev–Trinajstić information content (AvgIpc) is 3.10. The number of sulfonamides is 1. The number of rotatable bonds is 7. The van der Waals surface area contributed by atoms with Crippen molar-refractivity contribution in [3.8, 4) is 5.75 Å². The van der Waals surface area contributed by atoms with E-state index < -0.39 is 28.5 Å². The van der Waals surface area contributed by atoms with E-state index in [4.69, 9.17) is 14.0 Å². The van der Waals surface area contributed by atoms with Gasteiger partial charge in [0.15, 0.2) is 6.61 Å². The Kier molecular flexibility index (Phi) is 6.96. The number of benzene rings is 1. The highest BCUT2D eigenvalue weighted by Crippen LogP contribution is 2.31. The molecule has 0 bridgehead atoms. The molecule has 10 nitrogen and oxygen atoms in total. The van der Waals surface area contributed by atoms with Crippen molar-refractivity contribution in [3.05, 3.63) is 35.2 Å². The number of carbonyl (C=O) groups excluding carboxylic acids is 2. The Balaban J connectivity index is 1.71. The first kappa shape index (κ1) is 22.8. The van der Waals surface area contributed by atoms with Crippen LogP contribution in [0.2, 0.25) is 0 Å². The Morgan fingerprint density at radius 2 is 1.90 bits per heavy atom. The van der Waals surface area contributed by atoms with Crippen LogP contribution in [0.25, 0.3) is 0 Å². The smallest absolute Gasteiger partial charge is 0.344 e. The Morgan fingerprint density at radius 3 is 2.52 bits per heavy atom. The van der Waals surface area contributed by atoms with Crippen LogP contribution < -0.4 is 10.1 Å². The van der Waals surface area contributed by atoms with E-state index in [0.29, 0.717) is 24.5 Å². The van der Waals surface area contributed by atoms with Gasteiger partial charge in [0.05, 0.1) is 12.8 Å². The van der Waals surface area contributed by atoms with Gasteiger partial charge in [-0.2, -0.15) is 4.31 Å². The number of carbonyl (C=O) groups is 2. The van der Waals surface area contributed by atoms with Gasteiger partial charge in [0.2, 0.25) is 10.0 Å². The maximum Gasteiger partial charge on any atom is 0.344 e. The molecule has 31 heavy (non-hydrogen) atoms. The number of esters is 1. The third-order valence-corrected chi connectivity index (χ3v) is 6.87. The highest BCUT2D eigenvalue weighted by molar-refractivity contribution is 7.89. The molecular formula is C20H25N3O7S. The van der Waals surface area contributed by atoms with Gasteiger partial charge in [0.1, 0.15) is 22.0 Å². The molecule has 1 saturated heterocycles. The molecule has 3 rings (SSSR count). The maximum absolute atomic E-state index is 13.1. The van der Waals surface area contributed by atoms with E-state index in [1.54, 1.807) is 13.8 Å². The number of anilines is 1. The highest BCUT2D eigenvalue weighted by Gasteiger charge is 2.29. The SMILES string of the molecule is COc1ccc(NC(=O)COC(=O)c2c(C)noc2C)cc1S(=O)(=O)N1CCCCC1. The van der Waals surface area contributed by atoms with Gasteiger partial charge < -0.3 is 19.3 Å². The third kappa shape index (κ3) is 5.05. The molecule has 0 spiro atoms. The Labute approximate surface area is 180 Å². The molecule has 0 radical (unpaired) electrons. The molecule has 1 amide bonds. The number of hydrogen-bond acceptors (Lipinski definition) is 8. The van der Waals surface area contributed by atoms with E-state index in [1.807, 2.05) is 0 Å². The Bertz CT molecular complexity index is 1050. The first-order valence-corrected chi connectivity index (χ1v) is 11.3. The van der Waals surface area contributed by atoms with Crippen LogP contribution >= 0.6 is 0 Å². The fourth-order valence-electron chi connectivity index (χ4n) is 3.38. The summed E-state index contributed by atoms with van der Waals surface area (Å²) >= 11 is 0. The Morgan fingerprint density at radius 1 is 1.19 bits per heavy atom. The summed E-state index contributed by atoms with van der Waals surface area (Å²) in [6, 6.07) is 4.33. The zero-order valence-corrected chi connectivity index (χ0v) is 18.5. The monoisotopic (exact) mass is 451 g/mol. The number of hydrogen-bond donors (Lipinski definition) is 1. The number of nitrogens with zero attached hydrogens (tertiary/aromatic N) is 2. The minimum Gasteiger partial charge on any atom is -0.495 e. The number of piperidine rings is 1. The summed E-state index contributed by atoms with van der Waals surface area (Å²) in [5.74, 6) is -0.861. The molecule has 1 aromatic heterocycles. The van der Waals surface area contributed by atoms with Crippen LogP contribution in [0.15, 0.2) is 27.6 Å². The second-order valence-corrected chi connectivity index (χ2v) is 9.06.